The van der Waals surface area contributed by atoms with Crippen molar-refractivity contribution in [3.05, 3.63) is 22.8 Å². The predicted molar refractivity (Wildman–Crippen MR) is 77.8 cm³/mol. The summed E-state index contributed by atoms with van der Waals surface area (Å²) in [5.74, 6) is 0.997. The summed E-state index contributed by atoms with van der Waals surface area (Å²) >= 11 is 3.43. The van der Waals surface area contributed by atoms with Crippen LogP contribution in [0.4, 0.5) is 5.82 Å². The summed E-state index contributed by atoms with van der Waals surface area (Å²) in [5.41, 5.74) is 0. The third kappa shape index (κ3) is 2.54. The largest absolute Gasteiger partial charge is 0.367 e. The minimum Gasteiger partial charge on any atom is -0.367 e. The van der Waals surface area contributed by atoms with Gasteiger partial charge in [0.2, 0.25) is 0 Å². The van der Waals surface area contributed by atoms with Gasteiger partial charge in [0.25, 0.3) is 0 Å². The molecule has 1 N–H and O–H groups in total. The van der Waals surface area contributed by atoms with Crippen molar-refractivity contribution >= 4 is 21.7 Å². The summed E-state index contributed by atoms with van der Waals surface area (Å²) in [6.07, 6.45) is 6.62. The summed E-state index contributed by atoms with van der Waals surface area (Å²) in [4.78, 5) is 7.07. The highest BCUT2D eigenvalue weighted by molar-refractivity contribution is 9.10. The molecule has 2 unspecified atom stereocenters. The number of hydrogen-bond acceptors (Lipinski definition) is 3. The van der Waals surface area contributed by atoms with E-state index in [9.17, 15) is 0 Å². The van der Waals surface area contributed by atoms with Crippen molar-refractivity contribution in [3.8, 4) is 0 Å². The van der Waals surface area contributed by atoms with E-state index in [-0.39, 0.29) is 0 Å². The molecule has 2 saturated heterocycles. The Kier molecular flexibility index (Phi) is 3.57. The maximum atomic E-state index is 4.47. The lowest BCUT2D eigenvalue weighted by molar-refractivity contribution is 0.0608. The molecule has 0 spiro atoms. The van der Waals surface area contributed by atoms with E-state index in [1.807, 2.05) is 12.1 Å². The van der Waals surface area contributed by atoms with Crippen molar-refractivity contribution in [1.29, 1.82) is 0 Å². The monoisotopic (exact) mass is 309 g/mol. The Morgan fingerprint density at radius 1 is 1.28 bits per heavy atom. The molecule has 0 aliphatic carbocycles. The molecule has 1 aromatic heterocycles. The Balaban J connectivity index is 1.68. The highest BCUT2D eigenvalue weighted by atomic mass is 79.9. The predicted octanol–water partition coefficient (Wildman–Crippen LogP) is 3.27. The topological polar surface area (TPSA) is 28.2 Å². The lowest BCUT2D eigenvalue weighted by Gasteiger charge is -2.47. The minimum atomic E-state index is 0.582. The summed E-state index contributed by atoms with van der Waals surface area (Å²) in [6.45, 7) is 0. The van der Waals surface area contributed by atoms with E-state index in [0.717, 1.165) is 22.5 Å². The standard InChI is InChI=1S/C14H20BrN3/c1-18-11-4-2-5-12(18)9-10(8-11)16-14-7-3-6-13(15)17-14/h3,6-7,10-12H,2,4-5,8-9H2,1H3,(H,16,17). The van der Waals surface area contributed by atoms with Crippen LogP contribution in [-0.2, 0) is 0 Å². The van der Waals surface area contributed by atoms with Gasteiger partial charge in [-0.1, -0.05) is 12.5 Å². The molecule has 3 rings (SSSR count). The van der Waals surface area contributed by atoms with E-state index in [2.05, 4.69) is 44.2 Å². The molecular formula is C14H20BrN3. The van der Waals surface area contributed by atoms with E-state index in [1.54, 1.807) is 0 Å². The Hall–Kier alpha value is -0.610. The van der Waals surface area contributed by atoms with Crippen LogP contribution in [0.5, 0.6) is 0 Å². The van der Waals surface area contributed by atoms with Crippen molar-refractivity contribution in [2.24, 2.45) is 0 Å². The smallest absolute Gasteiger partial charge is 0.127 e. The second-order valence-electron chi connectivity index (χ2n) is 5.56. The first kappa shape index (κ1) is 12.4. The molecular weight excluding hydrogens is 290 g/mol. The molecule has 1 aromatic rings. The Morgan fingerprint density at radius 3 is 2.67 bits per heavy atom. The molecule has 2 fully saturated rings. The zero-order chi connectivity index (χ0) is 12.5. The lowest BCUT2D eigenvalue weighted by Crippen LogP contribution is -2.52. The molecule has 3 nitrogen and oxygen atoms in total. The Morgan fingerprint density at radius 2 is 2.00 bits per heavy atom. The lowest BCUT2D eigenvalue weighted by atomic mass is 9.82. The van der Waals surface area contributed by atoms with Crippen LogP contribution in [0.2, 0.25) is 0 Å². The fraction of sp³-hybridized carbons (Fsp3) is 0.643. The van der Waals surface area contributed by atoms with Gasteiger partial charge in [-0.2, -0.15) is 0 Å². The van der Waals surface area contributed by atoms with E-state index >= 15 is 0 Å². The number of halogens is 1. The molecule has 0 aromatic carbocycles. The number of aromatic nitrogens is 1. The maximum Gasteiger partial charge on any atom is 0.127 e. The maximum absolute atomic E-state index is 4.47. The SMILES string of the molecule is CN1C2CCCC1CC(Nc1cccc(Br)n1)C2. The zero-order valence-corrected chi connectivity index (χ0v) is 12.4. The van der Waals surface area contributed by atoms with Crippen LogP contribution in [0, 0.1) is 0 Å². The molecule has 2 aliphatic rings. The van der Waals surface area contributed by atoms with Crippen LogP contribution in [0.15, 0.2) is 22.8 Å². The molecule has 18 heavy (non-hydrogen) atoms. The van der Waals surface area contributed by atoms with Gasteiger partial charge in [0, 0.05) is 18.1 Å². The van der Waals surface area contributed by atoms with E-state index in [1.165, 1.54) is 32.1 Å². The quantitative estimate of drug-likeness (QED) is 0.850. The average molecular weight is 310 g/mol. The molecule has 2 atom stereocenters. The normalized spacial score (nSPS) is 32.2. The first-order valence-corrected chi connectivity index (χ1v) is 7.62. The fourth-order valence-corrected chi connectivity index (χ4v) is 3.78. The molecule has 0 radical (unpaired) electrons. The van der Waals surface area contributed by atoms with Gasteiger partial charge in [0.15, 0.2) is 0 Å². The van der Waals surface area contributed by atoms with E-state index in [0.29, 0.717) is 6.04 Å². The number of nitrogens with zero attached hydrogens (tertiary/aromatic N) is 2. The minimum absolute atomic E-state index is 0.582. The van der Waals surface area contributed by atoms with E-state index < -0.39 is 0 Å². The number of hydrogen-bond donors (Lipinski definition) is 1. The summed E-state index contributed by atoms with van der Waals surface area (Å²) in [6, 6.07) is 8.17. The van der Waals surface area contributed by atoms with Crippen LogP contribution in [0.25, 0.3) is 0 Å². The summed E-state index contributed by atoms with van der Waals surface area (Å²) < 4.78 is 0.903. The van der Waals surface area contributed by atoms with Crippen molar-refractivity contribution < 1.29 is 0 Å². The third-order valence-corrected chi connectivity index (χ3v) is 4.85. The molecule has 3 heterocycles. The zero-order valence-electron chi connectivity index (χ0n) is 10.8. The van der Waals surface area contributed by atoms with Gasteiger partial charge in [-0.15, -0.1) is 0 Å². The number of fused-ring (bicyclic) bond motifs is 2. The highest BCUT2D eigenvalue weighted by Crippen LogP contribution is 2.33. The van der Waals surface area contributed by atoms with Gasteiger partial charge in [0.1, 0.15) is 10.4 Å². The van der Waals surface area contributed by atoms with Gasteiger partial charge in [-0.05, 0) is 60.8 Å². The molecule has 0 saturated carbocycles. The summed E-state index contributed by atoms with van der Waals surface area (Å²) in [5, 5.41) is 3.60. The first-order chi connectivity index (χ1) is 8.72. The molecule has 2 bridgehead atoms. The molecule has 98 valence electrons. The van der Waals surface area contributed by atoms with Gasteiger partial charge < -0.3 is 10.2 Å². The van der Waals surface area contributed by atoms with Crippen LogP contribution in [-0.4, -0.2) is 35.1 Å². The summed E-state index contributed by atoms with van der Waals surface area (Å²) in [7, 11) is 2.29. The van der Waals surface area contributed by atoms with Crippen LogP contribution >= 0.6 is 15.9 Å². The fourth-order valence-electron chi connectivity index (χ4n) is 3.43. The van der Waals surface area contributed by atoms with E-state index in [4.69, 9.17) is 0 Å². The number of nitrogens with one attached hydrogen (secondary N) is 1. The molecule has 4 heteroatoms. The van der Waals surface area contributed by atoms with Gasteiger partial charge in [0.05, 0.1) is 0 Å². The van der Waals surface area contributed by atoms with Crippen molar-refractivity contribution in [1.82, 2.24) is 9.88 Å². The van der Waals surface area contributed by atoms with Gasteiger partial charge >= 0.3 is 0 Å². The van der Waals surface area contributed by atoms with Crippen molar-refractivity contribution in [2.75, 3.05) is 12.4 Å². The van der Waals surface area contributed by atoms with Crippen LogP contribution < -0.4 is 5.32 Å². The number of anilines is 1. The van der Waals surface area contributed by atoms with Crippen molar-refractivity contribution in [3.63, 3.8) is 0 Å². The second-order valence-corrected chi connectivity index (χ2v) is 6.37. The van der Waals surface area contributed by atoms with Gasteiger partial charge in [-0.25, -0.2) is 4.98 Å². The molecule has 0 amide bonds. The van der Waals surface area contributed by atoms with Gasteiger partial charge in [-0.3, -0.25) is 0 Å². The Labute approximate surface area is 117 Å². The third-order valence-electron chi connectivity index (χ3n) is 4.41. The number of rotatable bonds is 2. The number of pyridine rings is 1. The van der Waals surface area contributed by atoms with Crippen LogP contribution in [0.3, 0.4) is 0 Å². The highest BCUT2D eigenvalue weighted by Gasteiger charge is 2.35. The van der Waals surface area contributed by atoms with Crippen molar-refractivity contribution in [2.45, 2.75) is 50.2 Å². The first-order valence-electron chi connectivity index (χ1n) is 6.83. The molecule has 2 aliphatic heterocycles. The number of piperidine rings is 2. The Bertz CT molecular complexity index is 409. The second kappa shape index (κ2) is 5.17. The average Bonchev–Trinajstić information content (AvgIpc) is 2.30. The van der Waals surface area contributed by atoms with Crippen LogP contribution in [0.1, 0.15) is 32.1 Å².